The second-order valence-electron chi connectivity index (χ2n) is 6.54. The summed E-state index contributed by atoms with van der Waals surface area (Å²) in [7, 11) is -11.8. The molecule has 0 aromatic heterocycles. The molecular weight excluding hydrogens is 555 g/mol. The van der Waals surface area contributed by atoms with Gasteiger partial charge in [0.15, 0.2) is 0 Å². The Labute approximate surface area is 169 Å². The number of hydrogen-bond acceptors (Lipinski definition) is 0. The molecule has 0 amide bonds. The number of rotatable bonds is 7. The average Bonchev–Trinajstić information content (AvgIpc) is 2.53. The van der Waals surface area contributed by atoms with Crippen LogP contribution in [-0.4, -0.2) is 53.5 Å². The molecule has 0 aliphatic carbocycles. The fourth-order valence-corrected chi connectivity index (χ4v) is 6.00. The summed E-state index contributed by atoms with van der Waals surface area (Å²) < 4.78 is 265. The molecule has 0 aromatic carbocycles. The first kappa shape index (κ1) is 32.0. The van der Waals surface area contributed by atoms with Crippen molar-refractivity contribution in [2.45, 2.75) is 67.1 Å². The van der Waals surface area contributed by atoms with Gasteiger partial charge in [0.2, 0.25) is 0 Å². The first-order valence-electron chi connectivity index (χ1n) is 7.71. The second-order valence-corrected chi connectivity index (χ2v) is 10.2. The molecule has 33 heavy (non-hydrogen) atoms. The van der Waals surface area contributed by atoms with Crippen molar-refractivity contribution in [3.63, 3.8) is 0 Å². The van der Waals surface area contributed by atoms with E-state index >= 15 is 0 Å². The third-order valence-electron chi connectivity index (χ3n) is 4.40. The molecule has 0 bridgehead atoms. The van der Waals surface area contributed by atoms with Gasteiger partial charge >= 0.3 is 168 Å². The van der Waals surface area contributed by atoms with Crippen molar-refractivity contribution in [2.24, 2.45) is 0 Å². The van der Waals surface area contributed by atoms with E-state index in [9.17, 15) is 87.4 Å². The van der Waals surface area contributed by atoms with Crippen LogP contribution in [0.1, 0.15) is 19.8 Å². The van der Waals surface area contributed by atoms with E-state index in [0.717, 1.165) is 0 Å². The van der Waals surface area contributed by atoms with Gasteiger partial charge in [0.05, 0.1) is 0 Å². The van der Waals surface area contributed by atoms with Gasteiger partial charge in [-0.1, -0.05) is 0 Å². The van der Waals surface area contributed by atoms with Crippen molar-refractivity contribution in [1.29, 1.82) is 0 Å². The van der Waals surface area contributed by atoms with Gasteiger partial charge in [-0.05, 0) is 0 Å². The van der Waals surface area contributed by atoms with Gasteiger partial charge in [-0.3, -0.25) is 0 Å². The maximum atomic E-state index is 14.8. The molecule has 0 fully saturated rings. The van der Waals surface area contributed by atoms with Crippen molar-refractivity contribution < 1.29 is 87.4 Å². The number of halogens is 20. The van der Waals surface area contributed by atoms with Crippen molar-refractivity contribution in [3.05, 3.63) is 0 Å². The first-order valence-corrected chi connectivity index (χ1v) is 9.91. The van der Waals surface area contributed by atoms with Crippen molar-refractivity contribution >= 4 is 7.22 Å². The number of alkyl halides is 18. The molecule has 0 atom stereocenters. The Balaban J connectivity index is 8.01. The molecule has 202 valence electrons. The van der Waals surface area contributed by atoms with Crippen LogP contribution in [0, 0.1) is 0 Å². The molecule has 0 saturated carbocycles. The second kappa shape index (κ2) is 7.77. The van der Waals surface area contributed by atoms with Crippen LogP contribution in [0.25, 0.3) is 0 Å². The fraction of sp³-hybridized carbons (Fsp3) is 1.00. The first-order chi connectivity index (χ1) is 13.9. The van der Waals surface area contributed by atoms with Gasteiger partial charge in [-0.15, -0.1) is 0 Å². The average molecular weight is 564 g/mol. The Morgan fingerprint density at radius 2 is 0.667 bits per heavy atom. The zero-order valence-corrected chi connectivity index (χ0v) is 16.0. The van der Waals surface area contributed by atoms with E-state index in [1.54, 1.807) is 0 Å². The van der Waals surface area contributed by atoms with E-state index in [-0.39, 0.29) is 0 Å². The molecule has 0 heterocycles. The summed E-state index contributed by atoms with van der Waals surface area (Å²) in [6.07, 6.45) is -40.8. The SMILES string of the molecule is CCCCP(F)(F)(C(F)(F)C(F)(C(F)(F)F)C(F)(F)F)C(F)(F)C(F)(C(F)(F)F)C(F)(F)F. The van der Waals surface area contributed by atoms with Gasteiger partial charge in [0.1, 0.15) is 0 Å². The molecule has 0 nitrogen and oxygen atoms in total. The van der Waals surface area contributed by atoms with Crippen LogP contribution >= 0.6 is 7.22 Å². The zero-order valence-electron chi connectivity index (χ0n) is 15.1. The van der Waals surface area contributed by atoms with E-state index in [1.165, 1.54) is 0 Å². The van der Waals surface area contributed by atoms with Gasteiger partial charge < -0.3 is 0 Å². The normalized spacial score (nSPS) is 17.7. The van der Waals surface area contributed by atoms with E-state index in [2.05, 4.69) is 0 Å². The molecule has 0 aromatic rings. The maximum absolute atomic E-state index is 14.8. The third kappa shape index (κ3) is 3.79. The summed E-state index contributed by atoms with van der Waals surface area (Å²) in [6.45, 7) is 0.486. The molecule has 0 radical (unpaired) electrons. The topological polar surface area (TPSA) is 0 Å². The monoisotopic (exact) mass is 564 g/mol. The summed E-state index contributed by atoms with van der Waals surface area (Å²) in [4.78, 5) is 0. The minimum absolute atomic E-state index is 0.486. The van der Waals surface area contributed by atoms with Gasteiger partial charge in [0.25, 0.3) is 0 Å². The molecule has 0 N–H and O–H groups in total. The van der Waals surface area contributed by atoms with Crippen molar-refractivity contribution in [2.75, 3.05) is 6.16 Å². The Morgan fingerprint density at radius 3 is 0.818 bits per heavy atom. The molecule has 0 aliphatic rings. The number of unbranched alkanes of at least 4 members (excludes halogenated alkanes) is 1. The molecule has 0 unspecified atom stereocenters. The number of hydrogen-bond donors (Lipinski definition) is 0. The van der Waals surface area contributed by atoms with Crippen LogP contribution in [0.15, 0.2) is 0 Å². The molecule has 21 heteroatoms. The van der Waals surface area contributed by atoms with Crippen molar-refractivity contribution in [1.82, 2.24) is 0 Å². The Kier molecular flexibility index (Phi) is 7.54. The zero-order chi connectivity index (χ0) is 27.6. The van der Waals surface area contributed by atoms with E-state index in [1.807, 2.05) is 0 Å². The van der Waals surface area contributed by atoms with E-state index < -0.39 is 73.6 Å². The molecule has 0 aliphatic heterocycles. The predicted octanol–water partition coefficient (Wildman–Crippen LogP) is 8.96. The van der Waals surface area contributed by atoms with Crippen LogP contribution < -0.4 is 0 Å². The van der Waals surface area contributed by atoms with Crippen LogP contribution in [0.4, 0.5) is 87.4 Å². The summed E-state index contributed by atoms with van der Waals surface area (Å²) in [5.74, 6) is 0. The van der Waals surface area contributed by atoms with Gasteiger partial charge in [0, 0.05) is 0 Å². The Morgan fingerprint density at radius 1 is 0.455 bits per heavy atom. The van der Waals surface area contributed by atoms with E-state index in [4.69, 9.17) is 0 Å². The van der Waals surface area contributed by atoms with Crippen LogP contribution in [0.2, 0.25) is 0 Å². The summed E-state index contributed by atoms with van der Waals surface area (Å²) >= 11 is 0. The van der Waals surface area contributed by atoms with Gasteiger partial charge in [-0.25, -0.2) is 0 Å². The quantitative estimate of drug-likeness (QED) is 0.214. The van der Waals surface area contributed by atoms with Crippen LogP contribution in [0.3, 0.4) is 0 Å². The molecule has 0 rings (SSSR count). The van der Waals surface area contributed by atoms with Crippen molar-refractivity contribution in [3.8, 4) is 0 Å². The minimum atomic E-state index is -11.8. The van der Waals surface area contributed by atoms with Gasteiger partial charge in [-0.2, -0.15) is 0 Å². The van der Waals surface area contributed by atoms with Crippen LogP contribution in [-0.2, 0) is 0 Å². The standard InChI is InChI=1S/C12H9F20P/c1-2-3-4-33(31,32,11(27,28)5(13,7(15,16)17)8(18,19)20)12(29,30)6(14,9(21,22)23)10(24,25)26/h2-4H2,1H3. The molecule has 0 saturated heterocycles. The summed E-state index contributed by atoms with van der Waals surface area (Å²) in [6, 6.07) is 0. The predicted molar refractivity (Wildman–Crippen MR) is 70.7 cm³/mol. The Bertz CT molecular complexity index is 623. The summed E-state index contributed by atoms with van der Waals surface area (Å²) in [5.41, 5.74) is -35.8. The summed E-state index contributed by atoms with van der Waals surface area (Å²) in [5, 5.41) is 0. The molecular formula is C12H9F20P. The fourth-order valence-electron chi connectivity index (χ4n) is 2.50. The van der Waals surface area contributed by atoms with E-state index in [0.29, 0.717) is 6.92 Å². The Hall–Kier alpha value is -0.970. The molecule has 0 spiro atoms. The van der Waals surface area contributed by atoms with Crippen LogP contribution in [0.5, 0.6) is 0 Å². The third-order valence-corrected chi connectivity index (χ3v) is 8.32.